The highest BCUT2D eigenvalue weighted by Crippen LogP contribution is 2.27. The van der Waals surface area contributed by atoms with Gasteiger partial charge in [0, 0.05) is 55.2 Å². The third kappa shape index (κ3) is 6.00. The van der Waals surface area contributed by atoms with Crippen LogP contribution in [0.5, 0.6) is 0 Å². The minimum atomic E-state index is -0.0152. The summed E-state index contributed by atoms with van der Waals surface area (Å²) in [5, 5.41) is 19.9. The zero-order valence-electron chi connectivity index (χ0n) is 21.3. The van der Waals surface area contributed by atoms with Gasteiger partial charge in [-0.2, -0.15) is 4.98 Å². The van der Waals surface area contributed by atoms with Crippen molar-refractivity contribution in [3.63, 3.8) is 0 Å². The highest BCUT2D eigenvalue weighted by molar-refractivity contribution is 5.99. The van der Waals surface area contributed by atoms with E-state index < -0.39 is 0 Å². The lowest BCUT2D eigenvalue weighted by molar-refractivity contribution is 0.412. The Morgan fingerprint density at radius 1 is 1.06 bits per heavy atom. The van der Waals surface area contributed by atoms with E-state index >= 15 is 0 Å². The Balaban J connectivity index is 1.34. The third-order valence-corrected chi connectivity index (χ3v) is 6.64. The maximum Gasteiger partial charge on any atom is 0.227 e. The molecule has 0 spiro atoms. The van der Waals surface area contributed by atoms with Crippen LogP contribution in [0, 0.1) is 23.7 Å². The minimum Gasteiger partial charge on any atom is -0.425 e. The lowest BCUT2D eigenvalue weighted by Gasteiger charge is -2.32. The molecule has 2 heterocycles. The molecule has 0 aliphatic carbocycles. The Kier molecular flexibility index (Phi) is 8.15. The molecule has 4 rings (SSSR count). The number of aryl methyl sites for hydroxylation is 1. The van der Waals surface area contributed by atoms with Crippen LogP contribution in [-0.4, -0.2) is 47.9 Å². The minimum absolute atomic E-state index is 0.0152. The molecule has 3 aromatic rings. The van der Waals surface area contributed by atoms with Crippen LogP contribution < -0.4 is 15.1 Å². The Hall–Kier alpha value is -3.94. The van der Waals surface area contributed by atoms with Crippen molar-refractivity contribution in [2.75, 3.05) is 41.3 Å². The summed E-state index contributed by atoms with van der Waals surface area (Å²) in [4.78, 5) is 13.7. The zero-order valence-corrected chi connectivity index (χ0v) is 21.3. The number of hydrogen-bond donors (Lipinski definition) is 3. The number of nitrogens with one attached hydrogen (secondary N) is 3. The highest BCUT2D eigenvalue weighted by Gasteiger charge is 2.26. The average molecular weight is 486 g/mol. The molecule has 188 valence electrons. The number of aromatic nitrogens is 2. The quantitative estimate of drug-likeness (QED) is 0.283. The molecule has 0 radical (unpaired) electrons. The first-order chi connectivity index (χ1) is 17.5. The van der Waals surface area contributed by atoms with Crippen molar-refractivity contribution in [2.45, 2.75) is 33.6 Å². The Labute approximate surface area is 213 Å². The van der Waals surface area contributed by atoms with E-state index in [1.165, 1.54) is 11.3 Å². The first-order valence-electron chi connectivity index (χ1n) is 12.6. The van der Waals surface area contributed by atoms with Gasteiger partial charge in [0.1, 0.15) is 5.82 Å². The van der Waals surface area contributed by atoms with Gasteiger partial charge in [-0.1, -0.05) is 18.2 Å². The molecule has 36 heavy (non-hydrogen) atoms. The van der Waals surface area contributed by atoms with Crippen LogP contribution >= 0.6 is 0 Å². The molecule has 0 atom stereocenters. The SMILES string of the molecule is CCN(CC)c1ccc(Nc2ccnc(N3CCC(C(=N)OC(=N)c4ccccc4)CC3)n2)c(C)c1. The van der Waals surface area contributed by atoms with E-state index in [-0.39, 0.29) is 17.7 Å². The fraction of sp³-hybridized carbons (Fsp3) is 0.357. The van der Waals surface area contributed by atoms with Crippen LogP contribution in [0.3, 0.4) is 0 Å². The van der Waals surface area contributed by atoms with Gasteiger partial charge >= 0.3 is 0 Å². The second-order valence-electron chi connectivity index (χ2n) is 8.96. The molecule has 0 amide bonds. The largest absolute Gasteiger partial charge is 0.425 e. The lowest BCUT2D eigenvalue weighted by atomic mass is 9.97. The maximum absolute atomic E-state index is 8.35. The van der Waals surface area contributed by atoms with Gasteiger partial charge in [-0.15, -0.1) is 0 Å². The standard InChI is InChI=1S/C28H35N7O/c1-4-34(5-2)23-11-12-24(20(3)19-23)32-25-13-16-31-28(33-25)35-17-14-22(15-18-35)27(30)36-26(29)21-9-7-6-8-10-21/h6-13,16,19,22,29-30H,4-5,14-15,17-18H2,1-3H3,(H,31,32,33). The van der Waals surface area contributed by atoms with Crippen LogP contribution in [0.1, 0.15) is 37.8 Å². The van der Waals surface area contributed by atoms with Gasteiger partial charge in [0.25, 0.3) is 0 Å². The number of anilines is 4. The zero-order chi connectivity index (χ0) is 25.5. The number of hydrogen-bond acceptors (Lipinski definition) is 8. The number of rotatable bonds is 8. The van der Waals surface area contributed by atoms with Crippen molar-refractivity contribution in [3.8, 4) is 0 Å². The van der Waals surface area contributed by atoms with Crippen LogP contribution in [0.15, 0.2) is 60.8 Å². The first kappa shape index (κ1) is 25.2. The fourth-order valence-electron chi connectivity index (χ4n) is 4.47. The molecule has 8 heteroatoms. The van der Waals surface area contributed by atoms with E-state index in [2.05, 4.69) is 59.1 Å². The van der Waals surface area contributed by atoms with Crippen LogP contribution in [0.2, 0.25) is 0 Å². The van der Waals surface area contributed by atoms with Crippen LogP contribution in [0.25, 0.3) is 0 Å². The summed E-state index contributed by atoms with van der Waals surface area (Å²) in [6.07, 6.45) is 3.30. The van der Waals surface area contributed by atoms with E-state index in [0.717, 1.165) is 50.5 Å². The van der Waals surface area contributed by atoms with Gasteiger partial charge in [-0.05, 0) is 75.6 Å². The van der Waals surface area contributed by atoms with E-state index in [4.69, 9.17) is 20.5 Å². The average Bonchev–Trinajstić information content (AvgIpc) is 2.91. The summed E-state index contributed by atoms with van der Waals surface area (Å²) in [5.41, 5.74) is 4.10. The molecule has 8 nitrogen and oxygen atoms in total. The van der Waals surface area contributed by atoms with E-state index in [0.29, 0.717) is 11.5 Å². The second-order valence-corrected chi connectivity index (χ2v) is 8.96. The maximum atomic E-state index is 8.35. The van der Waals surface area contributed by atoms with Crippen molar-refractivity contribution >= 4 is 34.9 Å². The van der Waals surface area contributed by atoms with Gasteiger partial charge in [-0.3, -0.25) is 10.8 Å². The molecule has 0 unspecified atom stereocenters. The monoisotopic (exact) mass is 485 g/mol. The number of nitrogens with zero attached hydrogens (tertiary/aromatic N) is 4. The fourth-order valence-corrected chi connectivity index (χ4v) is 4.47. The van der Waals surface area contributed by atoms with Crippen molar-refractivity contribution < 1.29 is 4.74 Å². The Morgan fingerprint density at radius 2 is 1.78 bits per heavy atom. The van der Waals surface area contributed by atoms with Crippen LogP contribution in [-0.2, 0) is 4.74 Å². The first-order valence-corrected chi connectivity index (χ1v) is 12.6. The number of ether oxygens (including phenoxy) is 1. The summed E-state index contributed by atoms with van der Waals surface area (Å²) in [7, 11) is 0. The number of piperidine rings is 1. The predicted molar refractivity (Wildman–Crippen MR) is 147 cm³/mol. The molecule has 2 aromatic carbocycles. The Bertz CT molecular complexity index is 1190. The van der Waals surface area contributed by atoms with Crippen LogP contribution in [0.4, 0.5) is 23.1 Å². The van der Waals surface area contributed by atoms with Crippen molar-refractivity contribution in [1.82, 2.24) is 9.97 Å². The predicted octanol–water partition coefficient (Wildman–Crippen LogP) is 5.61. The normalized spacial score (nSPS) is 13.8. The van der Waals surface area contributed by atoms with Gasteiger partial charge in [0.2, 0.25) is 11.8 Å². The van der Waals surface area contributed by atoms with E-state index in [1.807, 2.05) is 36.4 Å². The molecule has 1 aliphatic rings. The molecular formula is C28H35N7O. The molecule has 0 bridgehead atoms. The highest BCUT2D eigenvalue weighted by atomic mass is 16.5. The van der Waals surface area contributed by atoms with Crippen molar-refractivity contribution in [1.29, 1.82) is 10.8 Å². The summed E-state index contributed by atoms with van der Waals surface area (Å²) in [6.45, 7) is 9.87. The van der Waals surface area contributed by atoms with Gasteiger partial charge in [0.15, 0.2) is 5.90 Å². The molecule has 1 aliphatic heterocycles. The van der Waals surface area contributed by atoms with Gasteiger partial charge in [-0.25, -0.2) is 4.98 Å². The summed E-state index contributed by atoms with van der Waals surface area (Å²) in [6, 6.07) is 17.6. The van der Waals surface area contributed by atoms with Crippen molar-refractivity contribution in [2.24, 2.45) is 5.92 Å². The topological polar surface area (TPSA) is 101 Å². The molecular weight excluding hydrogens is 450 g/mol. The molecule has 1 aromatic heterocycles. The van der Waals surface area contributed by atoms with Gasteiger partial charge in [0.05, 0.1) is 0 Å². The lowest BCUT2D eigenvalue weighted by Crippen LogP contribution is -2.38. The third-order valence-electron chi connectivity index (χ3n) is 6.64. The summed E-state index contributed by atoms with van der Waals surface area (Å²) < 4.78 is 5.55. The molecule has 0 saturated carbocycles. The molecule has 1 fully saturated rings. The smallest absolute Gasteiger partial charge is 0.227 e. The van der Waals surface area contributed by atoms with Gasteiger partial charge < -0.3 is 19.9 Å². The number of benzene rings is 2. The summed E-state index contributed by atoms with van der Waals surface area (Å²) in [5.74, 6) is 1.60. The van der Waals surface area contributed by atoms with E-state index in [1.54, 1.807) is 6.20 Å². The molecule has 1 saturated heterocycles. The molecule has 3 N–H and O–H groups in total. The summed E-state index contributed by atoms with van der Waals surface area (Å²) >= 11 is 0. The Morgan fingerprint density at radius 3 is 2.44 bits per heavy atom. The van der Waals surface area contributed by atoms with Crippen molar-refractivity contribution in [3.05, 3.63) is 71.9 Å². The second kappa shape index (κ2) is 11.7. The van der Waals surface area contributed by atoms with E-state index in [9.17, 15) is 0 Å².